The molecule has 0 spiro atoms. The Morgan fingerprint density at radius 1 is 0.889 bits per heavy atom. The van der Waals surface area contributed by atoms with Gasteiger partial charge in [0.15, 0.2) is 11.6 Å². The molecule has 3 aliphatic carbocycles. The summed E-state index contributed by atoms with van der Waals surface area (Å²) in [6.45, 7) is 2.13. The summed E-state index contributed by atoms with van der Waals surface area (Å²) in [5, 5.41) is 3.13. The van der Waals surface area contributed by atoms with E-state index in [9.17, 15) is 18.4 Å². The highest BCUT2D eigenvalue weighted by atomic mass is 19.1. The Hall–Kier alpha value is -1.50. The predicted octanol–water partition coefficient (Wildman–Crippen LogP) is 2.31. The number of rotatable bonds is 3. The van der Waals surface area contributed by atoms with Gasteiger partial charge in [0.2, 0.25) is 0 Å². The van der Waals surface area contributed by atoms with E-state index in [1.807, 2.05) is 4.90 Å². The van der Waals surface area contributed by atoms with E-state index in [0.29, 0.717) is 37.7 Å². The maximum absolute atomic E-state index is 13.9. The second kappa shape index (κ2) is 7.86. The molecule has 1 N–H and O–H groups in total. The number of Topliss-reactive ketones (excluding diaryl/α,β-unsaturated/α-hetero) is 2. The minimum absolute atomic E-state index is 0.0214. The number of ether oxygens (including phenoxy) is 1. The van der Waals surface area contributed by atoms with Crippen LogP contribution < -0.4 is 5.32 Å². The van der Waals surface area contributed by atoms with E-state index in [2.05, 4.69) is 5.32 Å². The van der Waals surface area contributed by atoms with Crippen molar-refractivity contribution in [3.8, 4) is 0 Å². The average molecular weight is 382 g/mol. The maximum atomic E-state index is 13.9. The van der Waals surface area contributed by atoms with Gasteiger partial charge in [-0.25, -0.2) is 8.78 Å². The number of halogens is 2. The van der Waals surface area contributed by atoms with Crippen LogP contribution in [-0.2, 0) is 14.3 Å². The van der Waals surface area contributed by atoms with E-state index in [1.54, 1.807) is 0 Å². The summed E-state index contributed by atoms with van der Waals surface area (Å²) in [4.78, 5) is 28.5. The Morgan fingerprint density at radius 2 is 1.48 bits per heavy atom. The highest BCUT2D eigenvalue weighted by Gasteiger charge is 2.46. The molecule has 0 amide bonds. The lowest BCUT2D eigenvalue weighted by Gasteiger charge is -2.41. The minimum atomic E-state index is -1.21. The van der Waals surface area contributed by atoms with Crippen molar-refractivity contribution in [1.82, 2.24) is 10.2 Å². The molecule has 0 radical (unpaired) electrons. The standard InChI is InChI=1S/C20H28F2N2O3/c21-12-9-13(22)11-14(10-12)23-17-18(24-5-7-27-8-6-24)20(26)16-4-2-1-3-15(16)19(17)25/h12-16,23H,1-11H2. The number of morpholine rings is 1. The van der Waals surface area contributed by atoms with Crippen LogP contribution >= 0.6 is 0 Å². The number of carbonyl (C=O) groups excluding carboxylic acids is 2. The SMILES string of the molecule is O=C1C(NC2CC(F)CC(F)C2)=C(N2CCOCC2)C(=O)C2CCCCC12. The summed E-state index contributed by atoms with van der Waals surface area (Å²) in [5.41, 5.74) is 0.735. The van der Waals surface area contributed by atoms with Crippen LogP contribution in [0.1, 0.15) is 44.9 Å². The zero-order chi connectivity index (χ0) is 19.0. The first-order valence-electron chi connectivity index (χ1n) is 10.2. The molecule has 4 atom stereocenters. The van der Waals surface area contributed by atoms with Crippen LogP contribution in [0.3, 0.4) is 0 Å². The number of nitrogens with zero attached hydrogens (tertiary/aromatic N) is 1. The molecule has 1 saturated heterocycles. The molecule has 4 rings (SSSR count). The normalized spacial score (nSPS) is 38.0. The third-order valence-corrected chi connectivity index (χ3v) is 6.42. The van der Waals surface area contributed by atoms with Crippen LogP contribution in [-0.4, -0.2) is 61.2 Å². The van der Waals surface area contributed by atoms with Crippen molar-refractivity contribution >= 4 is 11.6 Å². The highest BCUT2D eigenvalue weighted by Crippen LogP contribution is 2.40. The topological polar surface area (TPSA) is 58.6 Å². The van der Waals surface area contributed by atoms with Gasteiger partial charge < -0.3 is 15.0 Å². The lowest BCUT2D eigenvalue weighted by Crippen LogP contribution is -2.51. The van der Waals surface area contributed by atoms with Crippen LogP contribution in [0.15, 0.2) is 11.4 Å². The van der Waals surface area contributed by atoms with Crippen molar-refractivity contribution in [2.75, 3.05) is 26.3 Å². The Labute approximate surface area is 158 Å². The summed E-state index contributed by atoms with van der Waals surface area (Å²) >= 11 is 0. The molecule has 0 aromatic heterocycles. The molecule has 1 heterocycles. The van der Waals surface area contributed by atoms with Gasteiger partial charge in [-0.3, -0.25) is 9.59 Å². The lowest BCUT2D eigenvalue weighted by molar-refractivity contribution is -0.134. The third-order valence-electron chi connectivity index (χ3n) is 6.42. The molecule has 27 heavy (non-hydrogen) atoms. The quantitative estimate of drug-likeness (QED) is 0.812. The van der Waals surface area contributed by atoms with Gasteiger partial charge in [0, 0.05) is 37.4 Å². The van der Waals surface area contributed by atoms with Gasteiger partial charge >= 0.3 is 0 Å². The van der Waals surface area contributed by atoms with E-state index in [4.69, 9.17) is 4.74 Å². The van der Waals surface area contributed by atoms with Gasteiger partial charge in [-0.05, 0) is 25.7 Å². The van der Waals surface area contributed by atoms with Crippen molar-refractivity contribution in [3.05, 3.63) is 11.4 Å². The molecule has 0 aromatic rings. The van der Waals surface area contributed by atoms with Crippen LogP contribution in [0, 0.1) is 11.8 Å². The Bertz CT molecular complexity index is 623. The van der Waals surface area contributed by atoms with Gasteiger partial charge in [-0.2, -0.15) is 0 Å². The molecule has 1 aliphatic heterocycles. The van der Waals surface area contributed by atoms with Gasteiger partial charge in [-0.15, -0.1) is 0 Å². The summed E-state index contributed by atoms with van der Waals surface area (Å²) in [7, 11) is 0. The van der Waals surface area contributed by atoms with Crippen molar-refractivity contribution < 1.29 is 23.1 Å². The third kappa shape index (κ3) is 3.75. The number of ketones is 2. The van der Waals surface area contributed by atoms with Gasteiger partial charge in [0.05, 0.1) is 13.2 Å². The average Bonchev–Trinajstić information content (AvgIpc) is 2.66. The zero-order valence-corrected chi connectivity index (χ0v) is 15.6. The number of alkyl halides is 2. The van der Waals surface area contributed by atoms with E-state index in [0.717, 1.165) is 25.7 Å². The monoisotopic (exact) mass is 382 g/mol. The summed E-state index contributed by atoms with van der Waals surface area (Å²) < 4.78 is 33.1. The number of hydrogen-bond donors (Lipinski definition) is 1. The van der Waals surface area contributed by atoms with Crippen molar-refractivity contribution in [3.63, 3.8) is 0 Å². The Balaban J connectivity index is 1.66. The fraction of sp³-hybridized carbons (Fsp3) is 0.800. The number of fused-ring (bicyclic) bond motifs is 1. The predicted molar refractivity (Wildman–Crippen MR) is 95.4 cm³/mol. The number of nitrogens with one attached hydrogen (secondary N) is 1. The Morgan fingerprint density at radius 3 is 2.11 bits per heavy atom. The van der Waals surface area contributed by atoms with Crippen LogP contribution in [0.2, 0.25) is 0 Å². The molecule has 2 saturated carbocycles. The maximum Gasteiger partial charge on any atom is 0.184 e. The smallest absolute Gasteiger partial charge is 0.184 e. The molecule has 4 aliphatic rings. The highest BCUT2D eigenvalue weighted by molar-refractivity contribution is 6.13. The van der Waals surface area contributed by atoms with E-state index >= 15 is 0 Å². The molecule has 4 unspecified atom stereocenters. The molecule has 0 aromatic carbocycles. The molecule has 7 heteroatoms. The summed E-state index contributed by atoms with van der Waals surface area (Å²) in [6.07, 6.45) is 1.23. The summed E-state index contributed by atoms with van der Waals surface area (Å²) in [5.74, 6) is -0.557. The zero-order valence-electron chi connectivity index (χ0n) is 15.6. The van der Waals surface area contributed by atoms with Crippen molar-refractivity contribution in [1.29, 1.82) is 0 Å². The molecular weight excluding hydrogens is 354 g/mol. The number of hydrogen-bond acceptors (Lipinski definition) is 5. The van der Waals surface area contributed by atoms with E-state index < -0.39 is 18.4 Å². The number of carbonyl (C=O) groups is 2. The lowest BCUT2D eigenvalue weighted by atomic mass is 9.69. The first-order chi connectivity index (χ1) is 13.0. The fourth-order valence-corrected chi connectivity index (χ4v) is 5.11. The summed E-state index contributed by atoms with van der Waals surface area (Å²) in [6, 6.07) is -0.452. The van der Waals surface area contributed by atoms with Gasteiger partial charge in [-0.1, -0.05) is 12.8 Å². The van der Waals surface area contributed by atoms with Crippen LogP contribution in [0.4, 0.5) is 8.78 Å². The minimum Gasteiger partial charge on any atom is -0.378 e. The number of allylic oxidation sites excluding steroid dienone is 2. The largest absolute Gasteiger partial charge is 0.378 e. The Kier molecular flexibility index (Phi) is 5.48. The van der Waals surface area contributed by atoms with Crippen molar-refractivity contribution in [2.24, 2.45) is 11.8 Å². The van der Waals surface area contributed by atoms with Crippen molar-refractivity contribution in [2.45, 2.75) is 63.3 Å². The van der Waals surface area contributed by atoms with Crippen LogP contribution in [0.5, 0.6) is 0 Å². The first kappa shape index (κ1) is 18.8. The van der Waals surface area contributed by atoms with Crippen LogP contribution in [0.25, 0.3) is 0 Å². The van der Waals surface area contributed by atoms with Gasteiger partial charge in [0.25, 0.3) is 0 Å². The molecule has 0 bridgehead atoms. The second-order valence-electron chi connectivity index (χ2n) is 8.29. The van der Waals surface area contributed by atoms with Gasteiger partial charge in [0.1, 0.15) is 23.7 Å². The first-order valence-corrected chi connectivity index (χ1v) is 10.2. The fourth-order valence-electron chi connectivity index (χ4n) is 5.11. The van der Waals surface area contributed by atoms with E-state index in [1.165, 1.54) is 0 Å². The van der Waals surface area contributed by atoms with E-state index in [-0.39, 0.29) is 42.7 Å². The molecule has 5 nitrogen and oxygen atoms in total. The molecular formula is C20H28F2N2O3. The molecule has 150 valence electrons. The molecule has 3 fully saturated rings. The second-order valence-corrected chi connectivity index (χ2v) is 8.29.